The van der Waals surface area contributed by atoms with E-state index in [1.807, 2.05) is 65.6 Å². The fourth-order valence-electron chi connectivity index (χ4n) is 5.03. The van der Waals surface area contributed by atoms with Crippen LogP contribution in [-0.4, -0.2) is 49.1 Å². The lowest BCUT2D eigenvalue weighted by Crippen LogP contribution is -2.48. The predicted molar refractivity (Wildman–Crippen MR) is 138 cm³/mol. The topological polar surface area (TPSA) is 64.7 Å². The number of carbonyl (C=O) groups excluding carboxylic acids is 2. The van der Waals surface area contributed by atoms with Crippen LogP contribution in [0.4, 0.5) is 16.2 Å². The molecule has 6 heteroatoms. The molecule has 0 unspecified atom stereocenters. The summed E-state index contributed by atoms with van der Waals surface area (Å²) >= 11 is 0. The Balaban J connectivity index is 1.13. The molecule has 2 fully saturated rings. The monoisotopic (exact) mass is 456 g/mol. The molecule has 2 aliphatic rings. The maximum atomic E-state index is 13.0. The highest BCUT2D eigenvalue weighted by molar-refractivity contribution is 5.98. The van der Waals surface area contributed by atoms with E-state index in [-0.39, 0.29) is 11.9 Å². The third-order valence-corrected chi connectivity index (χ3v) is 6.99. The van der Waals surface area contributed by atoms with Crippen molar-refractivity contribution in [2.45, 2.75) is 38.1 Å². The Morgan fingerprint density at radius 3 is 2.21 bits per heavy atom. The van der Waals surface area contributed by atoms with Gasteiger partial charge in [-0.15, -0.1) is 0 Å². The van der Waals surface area contributed by atoms with Gasteiger partial charge in [0.2, 0.25) is 0 Å². The van der Waals surface area contributed by atoms with Gasteiger partial charge in [0.15, 0.2) is 0 Å². The van der Waals surface area contributed by atoms with E-state index >= 15 is 0 Å². The highest BCUT2D eigenvalue weighted by atomic mass is 16.2. The molecule has 0 atom stereocenters. The highest BCUT2D eigenvalue weighted by Crippen LogP contribution is 2.22. The first kappa shape index (κ1) is 22.3. The van der Waals surface area contributed by atoms with E-state index in [2.05, 4.69) is 21.6 Å². The second-order valence-electron chi connectivity index (χ2n) is 9.32. The third-order valence-electron chi connectivity index (χ3n) is 6.99. The van der Waals surface area contributed by atoms with Crippen molar-refractivity contribution in [3.05, 3.63) is 72.3 Å². The Hall–Kier alpha value is -3.54. The summed E-state index contributed by atoms with van der Waals surface area (Å²) in [5.41, 5.74) is 2.65. The molecule has 34 heavy (non-hydrogen) atoms. The van der Waals surface area contributed by atoms with Crippen LogP contribution in [0.3, 0.4) is 0 Å². The number of urea groups is 1. The van der Waals surface area contributed by atoms with E-state index in [4.69, 9.17) is 0 Å². The first-order valence-corrected chi connectivity index (χ1v) is 12.4. The SMILES string of the molecule is O=C(Nc1ccc(N2CCN(C(=O)c3ccc4ccccc4c3)CC2)cc1)NC1CCCCC1. The van der Waals surface area contributed by atoms with Gasteiger partial charge < -0.3 is 20.4 Å². The quantitative estimate of drug-likeness (QED) is 0.563. The number of rotatable bonds is 4. The smallest absolute Gasteiger partial charge is 0.319 e. The van der Waals surface area contributed by atoms with E-state index in [0.29, 0.717) is 19.1 Å². The van der Waals surface area contributed by atoms with Crippen molar-refractivity contribution in [1.29, 1.82) is 0 Å². The molecule has 2 N–H and O–H groups in total. The van der Waals surface area contributed by atoms with Crippen LogP contribution < -0.4 is 15.5 Å². The number of fused-ring (bicyclic) bond motifs is 1. The lowest BCUT2D eigenvalue weighted by atomic mass is 9.96. The minimum atomic E-state index is -0.125. The summed E-state index contributed by atoms with van der Waals surface area (Å²) in [7, 11) is 0. The first-order valence-electron chi connectivity index (χ1n) is 12.4. The lowest BCUT2D eigenvalue weighted by molar-refractivity contribution is 0.0747. The molecule has 1 aliphatic heterocycles. The van der Waals surface area contributed by atoms with Crippen LogP contribution >= 0.6 is 0 Å². The van der Waals surface area contributed by atoms with Crippen molar-refractivity contribution in [2.24, 2.45) is 0 Å². The summed E-state index contributed by atoms with van der Waals surface area (Å²) in [5, 5.41) is 8.27. The molecule has 0 spiro atoms. The predicted octanol–water partition coefficient (Wildman–Crippen LogP) is 5.26. The molecule has 1 saturated carbocycles. The van der Waals surface area contributed by atoms with Crippen molar-refractivity contribution in [3.8, 4) is 0 Å². The van der Waals surface area contributed by atoms with Gasteiger partial charge >= 0.3 is 6.03 Å². The van der Waals surface area contributed by atoms with Crippen molar-refractivity contribution >= 4 is 34.1 Å². The molecule has 3 aromatic carbocycles. The lowest BCUT2D eigenvalue weighted by Gasteiger charge is -2.36. The zero-order valence-corrected chi connectivity index (χ0v) is 19.5. The van der Waals surface area contributed by atoms with Gasteiger partial charge in [0.1, 0.15) is 0 Å². The van der Waals surface area contributed by atoms with E-state index in [9.17, 15) is 9.59 Å². The number of benzene rings is 3. The number of hydrogen-bond donors (Lipinski definition) is 2. The van der Waals surface area contributed by atoms with Gasteiger partial charge in [-0.3, -0.25) is 4.79 Å². The van der Waals surface area contributed by atoms with E-state index in [1.165, 1.54) is 19.3 Å². The first-order chi connectivity index (χ1) is 16.7. The maximum Gasteiger partial charge on any atom is 0.319 e. The normalized spacial score (nSPS) is 16.9. The van der Waals surface area contributed by atoms with Gasteiger partial charge in [0, 0.05) is 49.2 Å². The second-order valence-corrected chi connectivity index (χ2v) is 9.32. The standard InChI is InChI=1S/C28H32N4O2/c33-27(23-11-10-21-6-4-5-7-22(21)20-23)32-18-16-31(17-19-32)26-14-12-25(13-15-26)30-28(34)29-24-8-2-1-3-9-24/h4-7,10-15,20,24H,1-3,8-9,16-19H2,(H2,29,30,34). The van der Waals surface area contributed by atoms with Gasteiger partial charge in [-0.2, -0.15) is 0 Å². The average molecular weight is 457 g/mol. The fourth-order valence-corrected chi connectivity index (χ4v) is 5.03. The summed E-state index contributed by atoms with van der Waals surface area (Å²) in [4.78, 5) is 29.5. The largest absolute Gasteiger partial charge is 0.368 e. The number of hydrogen-bond acceptors (Lipinski definition) is 3. The number of nitrogens with zero attached hydrogens (tertiary/aromatic N) is 2. The molecule has 1 heterocycles. The molecule has 1 saturated heterocycles. The zero-order chi connectivity index (χ0) is 23.3. The van der Waals surface area contributed by atoms with Crippen LogP contribution in [0.1, 0.15) is 42.5 Å². The Morgan fingerprint density at radius 1 is 0.765 bits per heavy atom. The Morgan fingerprint density at radius 2 is 1.47 bits per heavy atom. The summed E-state index contributed by atoms with van der Waals surface area (Å²) in [6, 6.07) is 22.2. The molecule has 3 aromatic rings. The third kappa shape index (κ3) is 5.16. The molecule has 0 radical (unpaired) electrons. The summed E-state index contributed by atoms with van der Waals surface area (Å²) in [6.07, 6.45) is 5.80. The van der Waals surface area contributed by atoms with Crippen LogP contribution in [0.25, 0.3) is 10.8 Å². The molecule has 6 nitrogen and oxygen atoms in total. The molecule has 176 valence electrons. The molecule has 1 aliphatic carbocycles. The summed E-state index contributed by atoms with van der Waals surface area (Å²) in [5.74, 6) is 0.0916. The van der Waals surface area contributed by atoms with Crippen LogP contribution in [-0.2, 0) is 0 Å². The maximum absolute atomic E-state index is 13.0. The number of nitrogens with one attached hydrogen (secondary N) is 2. The van der Waals surface area contributed by atoms with Crippen LogP contribution in [0.5, 0.6) is 0 Å². The van der Waals surface area contributed by atoms with E-state index in [0.717, 1.165) is 53.6 Å². The van der Waals surface area contributed by atoms with Gasteiger partial charge in [-0.25, -0.2) is 4.79 Å². The Labute approximate surface area is 200 Å². The van der Waals surface area contributed by atoms with Gasteiger partial charge in [-0.1, -0.05) is 49.6 Å². The Kier molecular flexibility index (Phi) is 6.65. The van der Waals surface area contributed by atoms with Gasteiger partial charge in [0.05, 0.1) is 0 Å². The van der Waals surface area contributed by atoms with Crippen molar-refractivity contribution in [2.75, 3.05) is 36.4 Å². The molecular weight excluding hydrogens is 424 g/mol. The van der Waals surface area contributed by atoms with Crippen molar-refractivity contribution < 1.29 is 9.59 Å². The minimum absolute atomic E-state index is 0.0916. The molecule has 0 bridgehead atoms. The number of piperazine rings is 1. The Bertz CT molecular complexity index is 1150. The number of carbonyl (C=O) groups is 2. The highest BCUT2D eigenvalue weighted by Gasteiger charge is 2.22. The molecule has 5 rings (SSSR count). The summed E-state index contributed by atoms with van der Waals surface area (Å²) in [6.45, 7) is 2.95. The van der Waals surface area contributed by atoms with Crippen LogP contribution in [0.2, 0.25) is 0 Å². The average Bonchev–Trinajstić information content (AvgIpc) is 2.89. The zero-order valence-electron chi connectivity index (χ0n) is 19.5. The van der Waals surface area contributed by atoms with Crippen molar-refractivity contribution in [1.82, 2.24) is 10.2 Å². The van der Waals surface area contributed by atoms with Gasteiger partial charge in [0.25, 0.3) is 5.91 Å². The van der Waals surface area contributed by atoms with E-state index < -0.39 is 0 Å². The van der Waals surface area contributed by atoms with Gasteiger partial charge in [-0.05, 0) is 60.0 Å². The van der Waals surface area contributed by atoms with E-state index in [1.54, 1.807) is 0 Å². The van der Waals surface area contributed by atoms with Crippen LogP contribution in [0.15, 0.2) is 66.7 Å². The fraction of sp³-hybridized carbons (Fsp3) is 0.357. The molecular formula is C28H32N4O2. The van der Waals surface area contributed by atoms with Crippen molar-refractivity contribution in [3.63, 3.8) is 0 Å². The van der Waals surface area contributed by atoms with Crippen LogP contribution in [0, 0.1) is 0 Å². The molecule has 3 amide bonds. The second kappa shape index (κ2) is 10.2. The number of amides is 3. The minimum Gasteiger partial charge on any atom is -0.368 e. The molecule has 0 aromatic heterocycles. The summed E-state index contributed by atoms with van der Waals surface area (Å²) < 4.78 is 0. The number of anilines is 2.